The Morgan fingerprint density at radius 1 is 1.24 bits per heavy atom. The molecule has 3 rings (SSSR count). The Morgan fingerprint density at radius 3 is 2.49 bits per heavy atom. The Kier molecular flexibility index (Phi) is 15.6. The Labute approximate surface area is 225 Å². The van der Waals surface area contributed by atoms with Gasteiger partial charge in [-0.1, -0.05) is 44.7 Å². The minimum absolute atomic E-state index is 0.302. The van der Waals surface area contributed by atoms with Crippen molar-refractivity contribution >= 4 is 24.3 Å². The number of amidine groups is 1. The second-order valence-electron chi connectivity index (χ2n) is 9.26. The van der Waals surface area contributed by atoms with Gasteiger partial charge in [0.25, 0.3) is 0 Å². The first-order valence-corrected chi connectivity index (χ1v) is 13.3. The Balaban J connectivity index is 0.000000372. The molecule has 1 unspecified atom stereocenters. The highest BCUT2D eigenvalue weighted by Gasteiger charge is 2.16. The molecule has 37 heavy (non-hydrogen) atoms. The predicted molar refractivity (Wildman–Crippen MR) is 162 cm³/mol. The molecule has 7 nitrogen and oxygen atoms in total. The van der Waals surface area contributed by atoms with Crippen molar-refractivity contribution in [3.05, 3.63) is 71.7 Å². The molecule has 0 radical (unpaired) electrons. The van der Waals surface area contributed by atoms with Crippen molar-refractivity contribution in [1.29, 1.82) is 5.41 Å². The number of hydrogen-bond donors (Lipinski definition) is 4. The Bertz CT molecular complexity index is 939. The lowest BCUT2D eigenvalue weighted by molar-refractivity contribution is 0.351. The van der Waals surface area contributed by atoms with Crippen LogP contribution in [0.3, 0.4) is 0 Å². The van der Waals surface area contributed by atoms with Gasteiger partial charge in [-0.15, -0.1) is 0 Å². The first kappa shape index (κ1) is 31.9. The zero-order chi connectivity index (χ0) is 27.6. The van der Waals surface area contributed by atoms with E-state index in [-0.39, 0.29) is 0 Å². The van der Waals surface area contributed by atoms with Crippen LogP contribution in [0.5, 0.6) is 0 Å². The lowest BCUT2D eigenvalue weighted by Crippen LogP contribution is -2.31. The van der Waals surface area contributed by atoms with Gasteiger partial charge in [-0.2, -0.15) is 0 Å². The highest BCUT2D eigenvalue weighted by atomic mass is 15.2. The van der Waals surface area contributed by atoms with Gasteiger partial charge in [0.05, 0.1) is 11.4 Å². The molecule has 2 aliphatic rings. The van der Waals surface area contributed by atoms with E-state index in [0.29, 0.717) is 18.3 Å². The third-order valence-electron chi connectivity index (χ3n) is 6.01. The molecule has 204 valence electrons. The number of nitrogens with one attached hydrogen (secondary N) is 2. The summed E-state index contributed by atoms with van der Waals surface area (Å²) in [6.07, 6.45) is 15.0. The van der Waals surface area contributed by atoms with Crippen LogP contribution >= 0.6 is 0 Å². The van der Waals surface area contributed by atoms with Gasteiger partial charge in [-0.05, 0) is 69.7 Å². The maximum absolute atomic E-state index is 6.08. The van der Waals surface area contributed by atoms with Crippen LogP contribution < -0.4 is 16.8 Å². The quantitative estimate of drug-likeness (QED) is 0.211. The van der Waals surface area contributed by atoms with Crippen LogP contribution in [0.4, 0.5) is 5.69 Å². The molecule has 1 atom stereocenters. The summed E-state index contributed by atoms with van der Waals surface area (Å²) in [6, 6.07) is 8.40. The lowest BCUT2D eigenvalue weighted by Gasteiger charge is -2.27. The van der Waals surface area contributed by atoms with E-state index >= 15 is 0 Å². The normalized spacial score (nSPS) is 14.5. The van der Waals surface area contributed by atoms with Gasteiger partial charge in [-0.25, -0.2) is 4.99 Å². The molecule has 0 saturated carbocycles. The molecule has 2 aliphatic heterocycles. The number of unbranched alkanes of at least 4 members (excludes halogenated alkanes) is 1. The molecule has 0 aliphatic carbocycles. The average molecular weight is 508 g/mol. The number of likely N-dealkylation sites (N-methyl/N-ethyl adjacent to an activating group) is 2. The third-order valence-corrected chi connectivity index (χ3v) is 6.01. The van der Waals surface area contributed by atoms with E-state index in [2.05, 4.69) is 84.8 Å². The summed E-state index contributed by atoms with van der Waals surface area (Å²) < 4.78 is 0. The first-order valence-electron chi connectivity index (χ1n) is 13.3. The number of allylic oxidation sites excluding steroid dienone is 3. The van der Waals surface area contributed by atoms with Gasteiger partial charge < -0.3 is 32.0 Å². The zero-order valence-corrected chi connectivity index (χ0v) is 23.5. The molecular formula is C30H49N7. The van der Waals surface area contributed by atoms with Gasteiger partial charge in [-0.3, -0.25) is 0 Å². The van der Waals surface area contributed by atoms with Crippen LogP contribution in [-0.2, 0) is 0 Å². The van der Waals surface area contributed by atoms with Crippen molar-refractivity contribution in [2.45, 2.75) is 58.4 Å². The Morgan fingerprint density at radius 2 is 1.89 bits per heavy atom. The van der Waals surface area contributed by atoms with E-state index in [4.69, 9.17) is 16.9 Å². The van der Waals surface area contributed by atoms with Crippen LogP contribution in [0.2, 0.25) is 0 Å². The summed E-state index contributed by atoms with van der Waals surface area (Å²) in [4.78, 5) is 8.97. The molecule has 0 saturated heterocycles. The topological polar surface area (TPSA) is 107 Å². The van der Waals surface area contributed by atoms with Crippen molar-refractivity contribution in [3.63, 3.8) is 0 Å². The summed E-state index contributed by atoms with van der Waals surface area (Å²) in [7, 11) is 4.00. The van der Waals surface area contributed by atoms with E-state index in [1.54, 1.807) is 0 Å². The predicted octanol–water partition coefficient (Wildman–Crippen LogP) is 5.41. The van der Waals surface area contributed by atoms with Gasteiger partial charge in [0.1, 0.15) is 5.84 Å². The van der Waals surface area contributed by atoms with Crippen LogP contribution in [-0.4, -0.2) is 62.1 Å². The highest BCUT2D eigenvalue weighted by molar-refractivity contribution is 5.91. The van der Waals surface area contributed by atoms with Crippen LogP contribution in [0, 0.1) is 5.41 Å². The molecule has 0 spiro atoms. The fourth-order valence-corrected chi connectivity index (χ4v) is 4.05. The maximum atomic E-state index is 6.08. The van der Waals surface area contributed by atoms with Crippen molar-refractivity contribution in [2.24, 2.45) is 16.5 Å². The van der Waals surface area contributed by atoms with Crippen molar-refractivity contribution in [1.82, 2.24) is 15.1 Å². The highest BCUT2D eigenvalue weighted by Crippen LogP contribution is 2.29. The van der Waals surface area contributed by atoms with E-state index < -0.39 is 0 Å². The fourth-order valence-electron chi connectivity index (χ4n) is 4.05. The molecule has 6 N–H and O–H groups in total. The number of rotatable bonds is 13. The SMILES string of the molecule is C=C(C1=Cc2ccccc2N=C(N)C1)N(CCC)CCC.C=N.CNCC(N)CCC/C=C\C1=CN1C. The number of para-hydroxylation sites is 1. The summed E-state index contributed by atoms with van der Waals surface area (Å²) >= 11 is 0. The summed E-state index contributed by atoms with van der Waals surface area (Å²) in [5, 5.41) is 8.58. The molecule has 0 aromatic heterocycles. The number of nitrogens with two attached hydrogens (primary N) is 2. The smallest absolute Gasteiger partial charge is 0.104 e. The first-order chi connectivity index (χ1) is 17.9. The molecule has 7 heteroatoms. The summed E-state index contributed by atoms with van der Waals surface area (Å²) in [5.74, 6) is 0.653. The molecule has 0 bridgehead atoms. The van der Waals surface area contributed by atoms with Crippen molar-refractivity contribution < 1.29 is 0 Å². The van der Waals surface area contributed by atoms with Gasteiger partial charge in [0.2, 0.25) is 0 Å². The summed E-state index contributed by atoms with van der Waals surface area (Å²) in [5.41, 5.74) is 17.6. The number of hydrogen-bond acceptors (Lipinski definition) is 7. The van der Waals surface area contributed by atoms with Gasteiger partial charge >= 0.3 is 0 Å². The van der Waals surface area contributed by atoms with Crippen molar-refractivity contribution in [3.8, 4) is 0 Å². The second-order valence-corrected chi connectivity index (χ2v) is 9.26. The molecule has 0 amide bonds. The number of benzene rings is 1. The lowest BCUT2D eigenvalue weighted by atomic mass is 10.0. The Hall–Kier alpha value is -3.16. The van der Waals surface area contributed by atoms with Crippen LogP contribution in [0.1, 0.15) is 57.9 Å². The maximum Gasteiger partial charge on any atom is 0.104 e. The van der Waals surface area contributed by atoms with Crippen LogP contribution in [0.25, 0.3) is 6.08 Å². The van der Waals surface area contributed by atoms with Crippen molar-refractivity contribution in [2.75, 3.05) is 33.7 Å². The summed E-state index contributed by atoms with van der Waals surface area (Å²) in [6.45, 7) is 14.2. The van der Waals surface area contributed by atoms with Gasteiger partial charge in [0.15, 0.2) is 0 Å². The zero-order valence-electron chi connectivity index (χ0n) is 23.5. The van der Waals surface area contributed by atoms with E-state index in [1.807, 2.05) is 25.2 Å². The van der Waals surface area contributed by atoms with E-state index in [9.17, 15) is 0 Å². The third kappa shape index (κ3) is 12.1. The second kappa shape index (κ2) is 18.1. The van der Waals surface area contributed by atoms with E-state index in [1.165, 1.54) is 17.7 Å². The fraction of sp³-hybridized carbons (Fsp3) is 0.467. The standard InChI is InChI=1S/C18H25N3.C11H21N3.CH3N/c1-4-10-21(11-5-2)14(3)16-12-15-8-6-7-9-17(15)20-18(19)13-16;1-13-8-10(12)6-4-3-5-7-11-9-14(11)2;1-2/h6-9,12H,3-5,10-11,13H2,1-2H3,(H2,19,20);5,7,9-10,13H,3-4,6,8,12H2,1-2H3;2H,1H2/b;7-5-;. The number of nitrogens with zero attached hydrogens (tertiary/aromatic N) is 3. The van der Waals surface area contributed by atoms with Gasteiger partial charge in [0, 0.05) is 56.6 Å². The van der Waals surface area contributed by atoms with E-state index in [0.717, 1.165) is 62.3 Å². The largest absolute Gasteiger partial charge is 0.387 e. The number of aliphatic imine (C=N–C) groups is 1. The molecule has 2 heterocycles. The molecule has 1 aromatic rings. The molecule has 1 aromatic carbocycles. The minimum Gasteiger partial charge on any atom is -0.387 e. The molecule has 0 fully saturated rings. The monoisotopic (exact) mass is 507 g/mol. The average Bonchev–Trinajstić information content (AvgIpc) is 3.63. The molecular weight excluding hydrogens is 458 g/mol. The minimum atomic E-state index is 0.302. The van der Waals surface area contributed by atoms with Crippen LogP contribution in [0.15, 0.2) is 71.2 Å². The number of fused-ring (bicyclic) bond motifs is 1.